The average molecular weight is 338 g/mol. The van der Waals surface area contributed by atoms with Crippen LogP contribution in [0.15, 0.2) is 47.1 Å². The first-order valence-electron chi connectivity index (χ1n) is 7.79. The Balaban J connectivity index is 1.75. The van der Waals surface area contributed by atoms with Gasteiger partial charge in [0.15, 0.2) is 0 Å². The molecule has 25 heavy (non-hydrogen) atoms. The van der Waals surface area contributed by atoms with Crippen LogP contribution in [0.1, 0.15) is 34.9 Å². The van der Waals surface area contributed by atoms with E-state index in [2.05, 4.69) is 20.4 Å². The average Bonchev–Trinajstić information content (AvgIpc) is 3.12. The van der Waals surface area contributed by atoms with E-state index in [-0.39, 0.29) is 5.91 Å². The second-order valence-electron chi connectivity index (χ2n) is 5.52. The molecule has 0 bridgehead atoms. The van der Waals surface area contributed by atoms with E-state index >= 15 is 0 Å². The van der Waals surface area contributed by atoms with Gasteiger partial charge in [-0.2, -0.15) is 4.98 Å². The number of carbonyl (C=O) groups is 1. The number of benzene rings is 1. The van der Waals surface area contributed by atoms with E-state index in [9.17, 15) is 4.79 Å². The fraction of sp³-hybridized carbons (Fsp3) is 0.222. The Labute approximate surface area is 145 Å². The van der Waals surface area contributed by atoms with Gasteiger partial charge in [-0.15, -0.1) is 0 Å². The summed E-state index contributed by atoms with van der Waals surface area (Å²) >= 11 is 0. The lowest BCUT2D eigenvalue weighted by Crippen LogP contribution is -2.27. The third kappa shape index (κ3) is 3.65. The Hall–Kier alpha value is -3.22. The molecule has 0 aliphatic carbocycles. The third-order valence-electron chi connectivity index (χ3n) is 3.74. The van der Waals surface area contributed by atoms with Crippen LogP contribution in [0, 0.1) is 6.92 Å². The Bertz CT molecular complexity index is 891. The maximum absolute atomic E-state index is 12.4. The van der Waals surface area contributed by atoms with Crippen LogP contribution in [0.5, 0.6) is 5.75 Å². The summed E-state index contributed by atoms with van der Waals surface area (Å²) in [6.07, 6.45) is 1.65. The third-order valence-corrected chi connectivity index (χ3v) is 3.74. The molecule has 2 heterocycles. The van der Waals surface area contributed by atoms with E-state index < -0.39 is 6.04 Å². The van der Waals surface area contributed by atoms with E-state index in [0.717, 1.165) is 5.56 Å². The molecule has 7 nitrogen and oxygen atoms in total. The molecular weight excluding hydrogens is 320 g/mol. The number of methoxy groups -OCH3 is 1. The summed E-state index contributed by atoms with van der Waals surface area (Å²) in [5, 5.41) is 6.82. The van der Waals surface area contributed by atoms with Gasteiger partial charge in [0, 0.05) is 17.5 Å². The highest BCUT2D eigenvalue weighted by Crippen LogP contribution is 2.22. The molecule has 1 aromatic carbocycles. The van der Waals surface area contributed by atoms with Gasteiger partial charge in [0.25, 0.3) is 5.91 Å². The zero-order valence-electron chi connectivity index (χ0n) is 14.2. The number of hydrogen-bond acceptors (Lipinski definition) is 6. The SMILES string of the molecule is COc1cccc(-c2noc(C(C)NC(=O)c3cccnc3C)n2)c1. The van der Waals surface area contributed by atoms with Gasteiger partial charge in [0.1, 0.15) is 11.8 Å². The molecule has 0 aliphatic heterocycles. The van der Waals surface area contributed by atoms with Crippen LogP contribution in [0.2, 0.25) is 0 Å². The van der Waals surface area contributed by atoms with Gasteiger partial charge in [-0.05, 0) is 38.1 Å². The first-order valence-corrected chi connectivity index (χ1v) is 7.79. The standard InChI is InChI=1S/C18H18N4O3/c1-11-15(8-5-9-19-11)17(23)20-12(2)18-21-16(22-25-18)13-6-4-7-14(10-13)24-3/h4-10,12H,1-3H3,(H,20,23). The van der Waals surface area contributed by atoms with Crippen molar-refractivity contribution in [2.75, 3.05) is 7.11 Å². The van der Waals surface area contributed by atoms with Gasteiger partial charge in [-0.3, -0.25) is 9.78 Å². The summed E-state index contributed by atoms with van der Waals surface area (Å²) < 4.78 is 10.5. The van der Waals surface area contributed by atoms with Gasteiger partial charge in [0.2, 0.25) is 11.7 Å². The summed E-state index contributed by atoms with van der Waals surface area (Å²) in [5.74, 6) is 1.23. The van der Waals surface area contributed by atoms with Crippen molar-refractivity contribution in [3.63, 3.8) is 0 Å². The minimum absolute atomic E-state index is 0.237. The van der Waals surface area contributed by atoms with Crippen molar-refractivity contribution in [2.24, 2.45) is 0 Å². The minimum atomic E-state index is -0.432. The number of aromatic nitrogens is 3. The van der Waals surface area contributed by atoms with E-state index in [1.807, 2.05) is 24.3 Å². The quantitative estimate of drug-likeness (QED) is 0.769. The Morgan fingerprint density at radius 1 is 1.28 bits per heavy atom. The summed E-state index contributed by atoms with van der Waals surface area (Å²) in [6, 6.07) is 10.4. The summed E-state index contributed by atoms with van der Waals surface area (Å²) in [5.41, 5.74) is 1.95. The van der Waals surface area contributed by atoms with Gasteiger partial charge in [0.05, 0.1) is 12.7 Å². The molecule has 3 aromatic rings. The molecule has 1 N–H and O–H groups in total. The van der Waals surface area contributed by atoms with Gasteiger partial charge < -0.3 is 14.6 Å². The number of ether oxygens (including phenoxy) is 1. The fourth-order valence-corrected chi connectivity index (χ4v) is 2.35. The lowest BCUT2D eigenvalue weighted by atomic mass is 10.2. The van der Waals surface area contributed by atoms with E-state index in [0.29, 0.717) is 28.7 Å². The number of pyridine rings is 1. The van der Waals surface area contributed by atoms with Gasteiger partial charge >= 0.3 is 0 Å². The van der Waals surface area contributed by atoms with Crippen LogP contribution in [-0.4, -0.2) is 28.1 Å². The lowest BCUT2D eigenvalue weighted by Gasteiger charge is -2.10. The predicted octanol–water partition coefficient (Wildman–Crippen LogP) is 2.94. The molecule has 2 aromatic heterocycles. The zero-order valence-corrected chi connectivity index (χ0v) is 14.2. The normalized spacial score (nSPS) is 11.8. The number of nitrogens with one attached hydrogen (secondary N) is 1. The highest BCUT2D eigenvalue weighted by molar-refractivity contribution is 5.95. The molecule has 1 amide bonds. The van der Waals surface area contributed by atoms with Crippen molar-refractivity contribution in [1.82, 2.24) is 20.4 Å². The highest BCUT2D eigenvalue weighted by atomic mass is 16.5. The molecule has 128 valence electrons. The van der Waals surface area contributed by atoms with Crippen molar-refractivity contribution in [3.05, 3.63) is 59.7 Å². The molecule has 1 unspecified atom stereocenters. The van der Waals surface area contributed by atoms with Gasteiger partial charge in [-0.1, -0.05) is 17.3 Å². The molecule has 0 spiro atoms. The summed E-state index contributed by atoms with van der Waals surface area (Å²) in [6.45, 7) is 3.57. The van der Waals surface area contributed by atoms with E-state index in [4.69, 9.17) is 9.26 Å². The smallest absolute Gasteiger partial charge is 0.253 e. The Kier molecular flexibility index (Phi) is 4.74. The minimum Gasteiger partial charge on any atom is -0.497 e. The predicted molar refractivity (Wildman–Crippen MR) is 91.1 cm³/mol. The monoisotopic (exact) mass is 338 g/mol. The van der Waals surface area contributed by atoms with Crippen LogP contribution in [0.4, 0.5) is 0 Å². The maximum Gasteiger partial charge on any atom is 0.253 e. The number of carbonyl (C=O) groups excluding carboxylic acids is 1. The van der Waals surface area contributed by atoms with Crippen LogP contribution in [0.25, 0.3) is 11.4 Å². The number of hydrogen-bond donors (Lipinski definition) is 1. The van der Waals surface area contributed by atoms with Crippen LogP contribution >= 0.6 is 0 Å². The van der Waals surface area contributed by atoms with Gasteiger partial charge in [-0.25, -0.2) is 0 Å². The summed E-state index contributed by atoms with van der Waals surface area (Å²) in [4.78, 5) is 20.8. The van der Waals surface area contributed by atoms with Crippen molar-refractivity contribution in [1.29, 1.82) is 0 Å². The van der Waals surface area contributed by atoms with Crippen molar-refractivity contribution in [3.8, 4) is 17.1 Å². The summed E-state index contributed by atoms with van der Waals surface area (Å²) in [7, 11) is 1.60. The van der Waals surface area contributed by atoms with Crippen LogP contribution < -0.4 is 10.1 Å². The van der Waals surface area contributed by atoms with Crippen molar-refractivity contribution in [2.45, 2.75) is 19.9 Å². The number of rotatable bonds is 5. The van der Waals surface area contributed by atoms with Crippen molar-refractivity contribution < 1.29 is 14.1 Å². The Morgan fingerprint density at radius 2 is 2.12 bits per heavy atom. The molecule has 0 fully saturated rings. The van der Waals surface area contributed by atoms with E-state index in [1.54, 1.807) is 39.3 Å². The Morgan fingerprint density at radius 3 is 2.88 bits per heavy atom. The fourth-order valence-electron chi connectivity index (χ4n) is 2.35. The number of aryl methyl sites for hydroxylation is 1. The molecule has 1 atom stereocenters. The molecule has 7 heteroatoms. The first kappa shape index (κ1) is 16.6. The largest absolute Gasteiger partial charge is 0.497 e. The second kappa shape index (κ2) is 7.12. The molecule has 0 saturated heterocycles. The number of nitrogens with zero attached hydrogens (tertiary/aromatic N) is 3. The maximum atomic E-state index is 12.4. The lowest BCUT2D eigenvalue weighted by molar-refractivity contribution is 0.0931. The molecule has 0 saturated carbocycles. The van der Waals surface area contributed by atoms with Crippen LogP contribution in [-0.2, 0) is 0 Å². The topological polar surface area (TPSA) is 90.1 Å². The molecule has 0 radical (unpaired) electrons. The zero-order chi connectivity index (χ0) is 17.8. The second-order valence-corrected chi connectivity index (χ2v) is 5.52. The highest BCUT2D eigenvalue weighted by Gasteiger charge is 2.19. The molecule has 3 rings (SSSR count). The van der Waals surface area contributed by atoms with E-state index in [1.165, 1.54) is 0 Å². The number of amides is 1. The van der Waals surface area contributed by atoms with Crippen molar-refractivity contribution >= 4 is 5.91 Å². The van der Waals surface area contributed by atoms with Crippen LogP contribution in [0.3, 0.4) is 0 Å². The molecular formula is C18H18N4O3. The first-order chi connectivity index (χ1) is 12.1. The molecule has 0 aliphatic rings.